The molecule has 0 heterocycles. The molecular formula is C16H18FNO2. The van der Waals surface area contributed by atoms with Crippen LogP contribution in [0.1, 0.15) is 18.6 Å². The van der Waals surface area contributed by atoms with Crippen LogP contribution in [0.3, 0.4) is 0 Å². The number of benzene rings is 2. The Bertz CT molecular complexity index is 542. The summed E-state index contributed by atoms with van der Waals surface area (Å²) in [4.78, 5) is 0. The van der Waals surface area contributed by atoms with Crippen molar-refractivity contribution < 1.29 is 13.9 Å². The topological polar surface area (TPSA) is 44.5 Å². The molecule has 0 aromatic heterocycles. The predicted octanol–water partition coefficient (Wildman–Crippen LogP) is 3.30. The molecule has 3 nitrogen and oxygen atoms in total. The number of ether oxygens (including phenoxy) is 2. The Morgan fingerprint density at radius 3 is 2.30 bits per heavy atom. The van der Waals surface area contributed by atoms with Crippen molar-refractivity contribution in [3.05, 3.63) is 59.9 Å². The summed E-state index contributed by atoms with van der Waals surface area (Å²) in [5, 5.41) is 0. The first-order chi connectivity index (χ1) is 9.74. The first-order valence-electron chi connectivity index (χ1n) is 6.58. The molecule has 0 aliphatic heterocycles. The summed E-state index contributed by atoms with van der Waals surface area (Å²) in [6.45, 7) is 2.74. The quantitative estimate of drug-likeness (QED) is 0.879. The fourth-order valence-corrected chi connectivity index (χ4v) is 1.92. The van der Waals surface area contributed by atoms with Gasteiger partial charge >= 0.3 is 0 Å². The minimum absolute atomic E-state index is 0.203. The Kier molecular flexibility index (Phi) is 4.96. The SMILES string of the molecule is CCOc1ccc(OC(CN)c2ccccc2F)cc1. The van der Waals surface area contributed by atoms with E-state index in [1.54, 1.807) is 30.3 Å². The molecule has 20 heavy (non-hydrogen) atoms. The van der Waals surface area contributed by atoms with Crippen LogP contribution in [0.25, 0.3) is 0 Å². The van der Waals surface area contributed by atoms with Gasteiger partial charge in [0.2, 0.25) is 0 Å². The molecule has 106 valence electrons. The summed E-state index contributed by atoms with van der Waals surface area (Å²) in [6, 6.07) is 13.7. The monoisotopic (exact) mass is 275 g/mol. The first-order valence-corrected chi connectivity index (χ1v) is 6.58. The maximum atomic E-state index is 13.7. The van der Waals surface area contributed by atoms with Crippen LogP contribution in [-0.2, 0) is 0 Å². The van der Waals surface area contributed by atoms with Gasteiger partial charge in [-0.05, 0) is 37.3 Å². The smallest absolute Gasteiger partial charge is 0.139 e. The lowest BCUT2D eigenvalue weighted by Gasteiger charge is -2.18. The van der Waals surface area contributed by atoms with Crippen LogP contribution in [-0.4, -0.2) is 13.2 Å². The third-order valence-electron chi connectivity index (χ3n) is 2.88. The standard InChI is InChI=1S/C16H18FNO2/c1-2-19-12-7-9-13(10-8-12)20-16(11-18)14-5-3-4-6-15(14)17/h3-10,16H,2,11,18H2,1H3. The molecule has 0 saturated heterocycles. The zero-order valence-electron chi connectivity index (χ0n) is 11.4. The lowest BCUT2D eigenvalue weighted by Crippen LogP contribution is -2.19. The van der Waals surface area contributed by atoms with Gasteiger partial charge in [0.1, 0.15) is 23.4 Å². The van der Waals surface area contributed by atoms with Gasteiger partial charge in [-0.25, -0.2) is 4.39 Å². The van der Waals surface area contributed by atoms with E-state index in [1.807, 2.05) is 19.1 Å². The fraction of sp³-hybridized carbons (Fsp3) is 0.250. The molecule has 4 heteroatoms. The molecule has 2 aromatic carbocycles. The van der Waals surface area contributed by atoms with E-state index in [0.717, 1.165) is 5.75 Å². The largest absolute Gasteiger partial charge is 0.494 e. The maximum absolute atomic E-state index is 13.7. The molecule has 2 rings (SSSR count). The molecule has 0 spiro atoms. The summed E-state index contributed by atoms with van der Waals surface area (Å²) >= 11 is 0. The Balaban J connectivity index is 2.12. The van der Waals surface area contributed by atoms with Gasteiger partial charge in [-0.3, -0.25) is 0 Å². The summed E-state index contributed by atoms with van der Waals surface area (Å²) < 4.78 is 24.8. The van der Waals surface area contributed by atoms with Crippen molar-refractivity contribution in [2.24, 2.45) is 5.73 Å². The van der Waals surface area contributed by atoms with Crippen LogP contribution in [0.2, 0.25) is 0 Å². The van der Waals surface area contributed by atoms with E-state index in [9.17, 15) is 4.39 Å². The Hall–Kier alpha value is -2.07. The predicted molar refractivity (Wildman–Crippen MR) is 76.4 cm³/mol. The lowest BCUT2D eigenvalue weighted by atomic mass is 10.1. The average Bonchev–Trinajstić information content (AvgIpc) is 2.48. The van der Waals surface area contributed by atoms with Gasteiger partial charge in [0.05, 0.1) is 6.61 Å². The third-order valence-corrected chi connectivity index (χ3v) is 2.88. The van der Waals surface area contributed by atoms with Crippen LogP contribution in [0.15, 0.2) is 48.5 Å². The number of nitrogens with two attached hydrogens (primary N) is 1. The first kappa shape index (κ1) is 14.3. The van der Waals surface area contributed by atoms with Crippen molar-refractivity contribution in [1.82, 2.24) is 0 Å². The third kappa shape index (κ3) is 3.48. The molecule has 1 atom stereocenters. The molecular weight excluding hydrogens is 257 g/mol. The van der Waals surface area contributed by atoms with Crippen molar-refractivity contribution in [3.63, 3.8) is 0 Å². The summed E-state index contributed by atoms with van der Waals surface area (Å²) in [5.41, 5.74) is 6.14. The van der Waals surface area contributed by atoms with Crippen molar-refractivity contribution in [3.8, 4) is 11.5 Å². The van der Waals surface area contributed by atoms with Crippen molar-refractivity contribution >= 4 is 0 Å². The minimum atomic E-state index is -0.505. The van der Waals surface area contributed by atoms with Crippen LogP contribution >= 0.6 is 0 Å². The van der Waals surface area contributed by atoms with E-state index in [0.29, 0.717) is 17.9 Å². The van der Waals surface area contributed by atoms with Gasteiger partial charge in [-0.15, -0.1) is 0 Å². The maximum Gasteiger partial charge on any atom is 0.139 e. The number of halogens is 1. The van der Waals surface area contributed by atoms with E-state index >= 15 is 0 Å². The van der Waals surface area contributed by atoms with Crippen LogP contribution in [0, 0.1) is 5.82 Å². The zero-order valence-corrected chi connectivity index (χ0v) is 11.4. The molecule has 0 aliphatic rings. The Morgan fingerprint density at radius 1 is 1.05 bits per heavy atom. The second-order valence-electron chi connectivity index (χ2n) is 4.27. The highest BCUT2D eigenvalue weighted by molar-refractivity contribution is 5.32. The number of hydrogen-bond acceptors (Lipinski definition) is 3. The van der Waals surface area contributed by atoms with E-state index < -0.39 is 6.10 Å². The van der Waals surface area contributed by atoms with E-state index in [-0.39, 0.29) is 12.4 Å². The average molecular weight is 275 g/mol. The molecule has 0 fully saturated rings. The highest BCUT2D eigenvalue weighted by Gasteiger charge is 2.15. The molecule has 0 amide bonds. The molecule has 2 aromatic rings. The van der Waals surface area contributed by atoms with Crippen molar-refractivity contribution in [2.45, 2.75) is 13.0 Å². The number of hydrogen-bond donors (Lipinski definition) is 1. The van der Waals surface area contributed by atoms with Crippen LogP contribution in [0.5, 0.6) is 11.5 Å². The summed E-state index contributed by atoms with van der Waals surface area (Å²) in [6.07, 6.45) is -0.505. The second-order valence-corrected chi connectivity index (χ2v) is 4.27. The minimum Gasteiger partial charge on any atom is -0.494 e. The van der Waals surface area contributed by atoms with Gasteiger partial charge in [-0.1, -0.05) is 18.2 Å². The van der Waals surface area contributed by atoms with E-state index in [2.05, 4.69) is 0 Å². The Morgan fingerprint density at radius 2 is 1.70 bits per heavy atom. The second kappa shape index (κ2) is 6.91. The van der Waals surface area contributed by atoms with E-state index in [1.165, 1.54) is 6.07 Å². The molecule has 0 aliphatic carbocycles. The molecule has 2 N–H and O–H groups in total. The van der Waals surface area contributed by atoms with Crippen molar-refractivity contribution in [1.29, 1.82) is 0 Å². The van der Waals surface area contributed by atoms with Gasteiger partial charge in [0.25, 0.3) is 0 Å². The van der Waals surface area contributed by atoms with Crippen molar-refractivity contribution in [2.75, 3.05) is 13.2 Å². The molecule has 1 unspecified atom stereocenters. The molecule has 0 radical (unpaired) electrons. The normalized spacial score (nSPS) is 11.9. The fourth-order valence-electron chi connectivity index (χ4n) is 1.92. The van der Waals surface area contributed by atoms with Crippen LogP contribution < -0.4 is 15.2 Å². The lowest BCUT2D eigenvalue weighted by molar-refractivity contribution is 0.208. The Labute approximate surface area is 118 Å². The van der Waals surface area contributed by atoms with Gasteiger partial charge in [0.15, 0.2) is 0 Å². The number of rotatable bonds is 6. The van der Waals surface area contributed by atoms with Gasteiger partial charge < -0.3 is 15.2 Å². The molecule has 0 bridgehead atoms. The summed E-state index contributed by atoms with van der Waals surface area (Å²) in [5.74, 6) is 1.09. The molecule has 0 saturated carbocycles. The highest BCUT2D eigenvalue weighted by atomic mass is 19.1. The zero-order chi connectivity index (χ0) is 14.4. The highest BCUT2D eigenvalue weighted by Crippen LogP contribution is 2.25. The van der Waals surface area contributed by atoms with Crippen LogP contribution in [0.4, 0.5) is 4.39 Å². The van der Waals surface area contributed by atoms with E-state index in [4.69, 9.17) is 15.2 Å². The van der Waals surface area contributed by atoms with Gasteiger partial charge in [0, 0.05) is 12.1 Å². The summed E-state index contributed by atoms with van der Waals surface area (Å²) in [7, 11) is 0. The van der Waals surface area contributed by atoms with Gasteiger partial charge in [-0.2, -0.15) is 0 Å².